The fourth-order valence-corrected chi connectivity index (χ4v) is 3.53. The number of anilines is 2. The van der Waals surface area contributed by atoms with E-state index in [1.165, 1.54) is 0 Å². The van der Waals surface area contributed by atoms with Crippen LogP contribution in [0.4, 0.5) is 11.5 Å². The molecule has 10 nitrogen and oxygen atoms in total. The Labute approximate surface area is 183 Å². The average Bonchev–Trinajstić information content (AvgIpc) is 3.36. The first-order valence-corrected chi connectivity index (χ1v) is 10.1. The van der Waals surface area contributed by atoms with E-state index in [1.807, 2.05) is 45.3 Å². The molecule has 0 saturated carbocycles. The van der Waals surface area contributed by atoms with Gasteiger partial charge in [0.1, 0.15) is 16.9 Å². The molecule has 1 aromatic carbocycles. The second-order valence-corrected chi connectivity index (χ2v) is 7.57. The Kier molecular flexibility index (Phi) is 4.74. The van der Waals surface area contributed by atoms with Crippen molar-refractivity contribution in [1.82, 2.24) is 34.5 Å². The molecule has 0 fully saturated rings. The number of aryl methyl sites for hydroxylation is 2. The summed E-state index contributed by atoms with van der Waals surface area (Å²) < 4.78 is 3.38. The van der Waals surface area contributed by atoms with Crippen LogP contribution in [-0.4, -0.2) is 40.4 Å². The third-order valence-electron chi connectivity index (χ3n) is 5.31. The molecule has 0 aliphatic rings. The second kappa shape index (κ2) is 7.73. The monoisotopic (exact) mass is 427 g/mol. The first-order valence-electron chi connectivity index (χ1n) is 10.1. The predicted octanol–water partition coefficient (Wildman–Crippen LogP) is 3.07. The van der Waals surface area contributed by atoms with Crippen LogP contribution in [0.25, 0.3) is 22.2 Å². The van der Waals surface area contributed by atoms with Gasteiger partial charge in [-0.1, -0.05) is 12.1 Å². The number of nitrogens with one attached hydrogen (secondary N) is 2. The van der Waals surface area contributed by atoms with Crippen molar-refractivity contribution in [1.29, 1.82) is 0 Å². The van der Waals surface area contributed by atoms with Gasteiger partial charge in [-0.25, -0.2) is 14.6 Å². The standard InChI is InChI=1S/C22H21N9O/c1-13(27-20-12-24-18-11-26-31(3)21(18)29-20)14-5-4-6-16(7-14)28-22(32)15-8-19-17(23-9-15)10-25-30(19)2/h4-13H,1-3H3,(H,27,29)(H,28,32)/t13-/m0/s1. The van der Waals surface area contributed by atoms with Gasteiger partial charge >= 0.3 is 0 Å². The van der Waals surface area contributed by atoms with Crippen molar-refractivity contribution >= 4 is 39.6 Å². The van der Waals surface area contributed by atoms with Crippen LogP contribution in [0.15, 0.2) is 55.1 Å². The number of carbonyl (C=O) groups is 1. The third kappa shape index (κ3) is 3.62. The van der Waals surface area contributed by atoms with Crippen LogP contribution in [0, 0.1) is 0 Å². The zero-order chi connectivity index (χ0) is 22.2. The minimum absolute atomic E-state index is 0.0562. The molecule has 10 heteroatoms. The summed E-state index contributed by atoms with van der Waals surface area (Å²) in [6.07, 6.45) is 6.60. The molecule has 0 aliphatic carbocycles. The van der Waals surface area contributed by atoms with E-state index < -0.39 is 0 Å². The molecule has 5 rings (SSSR count). The highest BCUT2D eigenvalue weighted by Gasteiger charge is 2.13. The van der Waals surface area contributed by atoms with Crippen LogP contribution < -0.4 is 10.6 Å². The lowest BCUT2D eigenvalue weighted by molar-refractivity contribution is 0.102. The van der Waals surface area contributed by atoms with Crippen LogP contribution in [0.3, 0.4) is 0 Å². The highest BCUT2D eigenvalue weighted by Crippen LogP contribution is 2.22. The van der Waals surface area contributed by atoms with Gasteiger partial charge in [0.2, 0.25) is 0 Å². The molecule has 1 amide bonds. The number of aromatic nitrogens is 7. The summed E-state index contributed by atoms with van der Waals surface area (Å²) in [6.45, 7) is 2.02. The molecule has 4 heterocycles. The number of hydrogen-bond donors (Lipinski definition) is 2. The maximum atomic E-state index is 12.8. The molecule has 0 spiro atoms. The lowest BCUT2D eigenvalue weighted by atomic mass is 10.1. The number of hydrogen-bond acceptors (Lipinski definition) is 7. The van der Waals surface area contributed by atoms with Crippen molar-refractivity contribution in [3.05, 3.63) is 66.2 Å². The van der Waals surface area contributed by atoms with Crippen molar-refractivity contribution in [2.75, 3.05) is 10.6 Å². The molecule has 0 bridgehead atoms. The number of nitrogens with zero attached hydrogens (tertiary/aromatic N) is 7. The molecule has 160 valence electrons. The summed E-state index contributed by atoms with van der Waals surface area (Å²) in [5.74, 6) is 0.421. The van der Waals surface area contributed by atoms with E-state index in [2.05, 4.69) is 35.8 Å². The summed E-state index contributed by atoms with van der Waals surface area (Å²) >= 11 is 0. The van der Waals surface area contributed by atoms with E-state index in [0.717, 1.165) is 22.1 Å². The van der Waals surface area contributed by atoms with Crippen molar-refractivity contribution in [2.24, 2.45) is 14.1 Å². The third-order valence-corrected chi connectivity index (χ3v) is 5.31. The Hall–Kier alpha value is -4.34. The van der Waals surface area contributed by atoms with E-state index >= 15 is 0 Å². The second-order valence-electron chi connectivity index (χ2n) is 7.57. The van der Waals surface area contributed by atoms with Gasteiger partial charge in [-0.3, -0.25) is 14.5 Å². The van der Waals surface area contributed by atoms with Crippen LogP contribution in [-0.2, 0) is 14.1 Å². The van der Waals surface area contributed by atoms with Crippen molar-refractivity contribution in [3.8, 4) is 0 Å². The first-order chi connectivity index (χ1) is 15.5. The number of pyridine rings is 1. The Morgan fingerprint density at radius 2 is 1.75 bits per heavy atom. The fourth-order valence-electron chi connectivity index (χ4n) is 3.53. The number of carbonyl (C=O) groups excluding carboxylic acids is 1. The molecule has 0 saturated heterocycles. The molecule has 2 N–H and O–H groups in total. The Morgan fingerprint density at radius 3 is 2.62 bits per heavy atom. The first kappa shape index (κ1) is 19.6. The largest absolute Gasteiger partial charge is 0.362 e. The van der Waals surface area contributed by atoms with Gasteiger partial charge in [0.05, 0.1) is 35.7 Å². The maximum absolute atomic E-state index is 12.8. The lowest BCUT2D eigenvalue weighted by Crippen LogP contribution is -2.13. The average molecular weight is 427 g/mol. The van der Waals surface area contributed by atoms with Crippen molar-refractivity contribution in [2.45, 2.75) is 13.0 Å². The fraction of sp³-hybridized carbons (Fsp3) is 0.182. The molecule has 1 atom stereocenters. The molecule has 0 radical (unpaired) electrons. The Bertz CT molecular complexity index is 1450. The summed E-state index contributed by atoms with van der Waals surface area (Å²) in [5, 5.41) is 14.6. The zero-order valence-electron chi connectivity index (χ0n) is 17.8. The maximum Gasteiger partial charge on any atom is 0.257 e. The molecule has 0 aliphatic heterocycles. The highest BCUT2D eigenvalue weighted by atomic mass is 16.1. The molecular formula is C22H21N9O. The molecular weight excluding hydrogens is 406 g/mol. The zero-order valence-corrected chi connectivity index (χ0v) is 17.8. The van der Waals surface area contributed by atoms with Gasteiger partial charge in [-0.05, 0) is 30.7 Å². The molecule has 4 aromatic heterocycles. The summed E-state index contributed by atoms with van der Waals surface area (Å²) in [5.41, 5.74) is 5.16. The van der Waals surface area contributed by atoms with Gasteiger partial charge in [-0.15, -0.1) is 0 Å². The molecule has 32 heavy (non-hydrogen) atoms. The summed E-state index contributed by atoms with van der Waals surface area (Å²) in [4.78, 5) is 26.0. The topological polar surface area (TPSA) is 115 Å². The van der Waals surface area contributed by atoms with E-state index in [-0.39, 0.29) is 11.9 Å². The quantitative estimate of drug-likeness (QED) is 0.443. The van der Waals surface area contributed by atoms with Crippen LogP contribution >= 0.6 is 0 Å². The van der Waals surface area contributed by atoms with Crippen molar-refractivity contribution < 1.29 is 4.79 Å². The smallest absolute Gasteiger partial charge is 0.257 e. The summed E-state index contributed by atoms with van der Waals surface area (Å²) in [7, 11) is 3.65. The van der Waals surface area contributed by atoms with Gasteiger partial charge in [0.15, 0.2) is 5.65 Å². The van der Waals surface area contributed by atoms with E-state index in [0.29, 0.717) is 22.7 Å². The van der Waals surface area contributed by atoms with E-state index in [1.54, 1.807) is 40.2 Å². The van der Waals surface area contributed by atoms with E-state index in [9.17, 15) is 4.79 Å². The number of rotatable bonds is 5. The Balaban J connectivity index is 1.33. The normalized spacial score (nSPS) is 12.2. The predicted molar refractivity (Wildman–Crippen MR) is 121 cm³/mol. The minimum Gasteiger partial charge on any atom is -0.362 e. The molecule has 5 aromatic rings. The van der Waals surface area contributed by atoms with Crippen LogP contribution in [0.5, 0.6) is 0 Å². The van der Waals surface area contributed by atoms with Gasteiger partial charge in [0, 0.05) is 26.0 Å². The highest BCUT2D eigenvalue weighted by molar-refractivity contribution is 6.05. The lowest BCUT2D eigenvalue weighted by Gasteiger charge is -2.16. The Morgan fingerprint density at radius 1 is 0.969 bits per heavy atom. The SMILES string of the molecule is C[C@H](Nc1cnc2cnn(C)c2n1)c1cccc(NC(=O)c2cnc3cnn(C)c3c2)c1. The molecule has 0 unspecified atom stereocenters. The van der Waals surface area contributed by atoms with Gasteiger partial charge < -0.3 is 10.6 Å². The summed E-state index contributed by atoms with van der Waals surface area (Å²) in [6, 6.07) is 9.41. The van der Waals surface area contributed by atoms with Gasteiger partial charge in [-0.2, -0.15) is 10.2 Å². The number of benzene rings is 1. The van der Waals surface area contributed by atoms with Gasteiger partial charge in [0.25, 0.3) is 5.91 Å². The van der Waals surface area contributed by atoms with Crippen molar-refractivity contribution in [3.63, 3.8) is 0 Å². The van der Waals surface area contributed by atoms with E-state index in [4.69, 9.17) is 0 Å². The van der Waals surface area contributed by atoms with Crippen LogP contribution in [0.2, 0.25) is 0 Å². The number of fused-ring (bicyclic) bond motifs is 2. The minimum atomic E-state index is -0.231. The van der Waals surface area contributed by atoms with Crippen LogP contribution in [0.1, 0.15) is 28.9 Å². The number of amides is 1.